The number of para-hydroxylation sites is 1. The van der Waals surface area contributed by atoms with Gasteiger partial charge in [-0.3, -0.25) is 0 Å². The van der Waals surface area contributed by atoms with Crippen molar-refractivity contribution in [1.29, 1.82) is 0 Å². The number of benzene rings is 1. The fourth-order valence-corrected chi connectivity index (χ4v) is 1.93. The van der Waals surface area contributed by atoms with E-state index in [4.69, 9.17) is 15.7 Å². The fourth-order valence-electron chi connectivity index (χ4n) is 1.93. The smallest absolute Gasteiger partial charge is 0.0904 e. The van der Waals surface area contributed by atoms with Crippen molar-refractivity contribution < 1.29 is 0 Å². The molecule has 1 aromatic carbocycles. The zero-order chi connectivity index (χ0) is 11.5. The van der Waals surface area contributed by atoms with Crippen molar-refractivity contribution in [3.63, 3.8) is 0 Å². The molecule has 78 valence electrons. The van der Waals surface area contributed by atoms with Crippen LogP contribution in [0.1, 0.15) is 18.3 Å². The van der Waals surface area contributed by atoms with Crippen LogP contribution in [-0.2, 0) is 0 Å². The van der Waals surface area contributed by atoms with Gasteiger partial charge in [0.15, 0.2) is 0 Å². The molecule has 0 spiro atoms. The number of aromatic amines is 1. The molecule has 1 heterocycles. The molecule has 0 saturated heterocycles. The SMILES string of the molecule is [B]C(NCC)C([B])c1c[nH]c2ccccc12. The van der Waals surface area contributed by atoms with Gasteiger partial charge in [0, 0.05) is 17.1 Å². The summed E-state index contributed by atoms with van der Waals surface area (Å²) in [6.07, 6.45) is 1.94. The van der Waals surface area contributed by atoms with Gasteiger partial charge < -0.3 is 10.3 Å². The highest BCUT2D eigenvalue weighted by molar-refractivity contribution is 6.22. The largest absolute Gasteiger partial charge is 0.361 e. The Morgan fingerprint density at radius 2 is 2.06 bits per heavy atom. The van der Waals surface area contributed by atoms with Crippen molar-refractivity contribution in [2.24, 2.45) is 0 Å². The summed E-state index contributed by atoms with van der Waals surface area (Å²) < 4.78 is 0. The molecule has 2 nitrogen and oxygen atoms in total. The molecule has 1 aromatic heterocycles. The molecular weight excluding hydrogens is 194 g/mol. The van der Waals surface area contributed by atoms with Crippen molar-refractivity contribution in [1.82, 2.24) is 10.3 Å². The van der Waals surface area contributed by atoms with Crippen molar-refractivity contribution >= 4 is 26.6 Å². The first kappa shape index (κ1) is 11.3. The molecule has 0 amide bonds. The van der Waals surface area contributed by atoms with E-state index in [9.17, 15) is 0 Å². The number of likely N-dealkylation sites (N-methyl/N-ethyl adjacent to an activating group) is 1. The zero-order valence-corrected chi connectivity index (χ0v) is 9.40. The Hall–Kier alpha value is -1.15. The molecule has 0 fully saturated rings. The Balaban J connectivity index is 2.32. The van der Waals surface area contributed by atoms with Crippen LogP contribution in [0.4, 0.5) is 0 Å². The van der Waals surface area contributed by atoms with E-state index in [1.54, 1.807) is 0 Å². The van der Waals surface area contributed by atoms with Crippen molar-refractivity contribution in [2.45, 2.75) is 18.7 Å². The van der Waals surface area contributed by atoms with E-state index in [0.29, 0.717) is 0 Å². The van der Waals surface area contributed by atoms with E-state index in [2.05, 4.69) is 16.4 Å². The number of H-pyrrole nitrogens is 1. The highest BCUT2D eigenvalue weighted by atomic mass is 14.9. The predicted molar refractivity (Wildman–Crippen MR) is 70.0 cm³/mol. The summed E-state index contributed by atoms with van der Waals surface area (Å²) >= 11 is 0. The van der Waals surface area contributed by atoms with E-state index in [0.717, 1.165) is 23.0 Å². The lowest BCUT2D eigenvalue weighted by Gasteiger charge is -2.21. The predicted octanol–water partition coefficient (Wildman–Crippen LogP) is 1.48. The van der Waals surface area contributed by atoms with Crippen LogP contribution in [0.2, 0.25) is 0 Å². The molecule has 4 heteroatoms. The van der Waals surface area contributed by atoms with Gasteiger partial charge in [-0.1, -0.05) is 25.1 Å². The summed E-state index contributed by atoms with van der Waals surface area (Å²) in [5.41, 5.74) is 2.15. The minimum Gasteiger partial charge on any atom is -0.361 e. The fraction of sp³-hybridized carbons (Fsp3) is 0.333. The molecule has 0 aliphatic rings. The molecule has 0 saturated carbocycles. The normalized spacial score (nSPS) is 15.1. The Morgan fingerprint density at radius 1 is 1.31 bits per heavy atom. The maximum atomic E-state index is 6.13. The first-order valence-corrected chi connectivity index (χ1v) is 5.54. The molecule has 0 bridgehead atoms. The second kappa shape index (κ2) is 4.79. The average molecular weight is 208 g/mol. The number of fused-ring (bicyclic) bond motifs is 1. The van der Waals surface area contributed by atoms with Crippen LogP contribution in [0.15, 0.2) is 30.5 Å². The third-order valence-corrected chi connectivity index (χ3v) is 2.81. The first-order valence-electron chi connectivity index (χ1n) is 5.54. The van der Waals surface area contributed by atoms with E-state index in [1.807, 2.05) is 31.3 Å². The zero-order valence-electron chi connectivity index (χ0n) is 9.40. The minimum absolute atomic E-state index is 0.198. The number of hydrogen-bond acceptors (Lipinski definition) is 1. The van der Waals surface area contributed by atoms with Crippen LogP contribution >= 0.6 is 0 Å². The highest BCUT2D eigenvalue weighted by Gasteiger charge is 2.15. The number of nitrogens with one attached hydrogen (secondary N) is 2. The molecule has 4 radical (unpaired) electrons. The van der Waals surface area contributed by atoms with Gasteiger partial charge in [-0.15, -0.1) is 0 Å². The number of rotatable bonds is 4. The summed E-state index contributed by atoms with van der Waals surface area (Å²) in [4.78, 5) is 3.20. The van der Waals surface area contributed by atoms with Crippen molar-refractivity contribution in [2.75, 3.05) is 6.54 Å². The summed E-state index contributed by atoms with van der Waals surface area (Å²) in [6.45, 7) is 2.83. The van der Waals surface area contributed by atoms with Crippen LogP contribution in [-0.4, -0.2) is 33.2 Å². The van der Waals surface area contributed by atoms with Crippen LogP contribution in [0, 0.1) is 0 Å². The summed E-state index contributed by atoms with van der Waals surface area (Å²) in [5, 5.41) is 4.28. The molecule has 0 aliphatic heterocycles. The first-order chi connectivity index (χ1) is 7.74. The van der Waals surface area contributed by atoms with Gasteiger partial charge in [-0.05, 0) is 29.9 Å². The maximum absolute atomic E-state index is 6.13. The topological polar surface area (TPSA) is 27.8 Å². The third kappa shape index (κ3) is 2.03. The minimum atomic E-state index is -0.218. The summed E-state index contributed by atoms with van der Waals surface area (Å²) in [5.74, 6) is -0.416. The molecule has 2 aromatic rings. The lowest BCUT2D eigenvalue weighted by molar-refractivity contribution is 0.649. The Kier molecular flexibility index (Phi) is 3.39. The van der Waals surface area contributed by atoms with E-state index >= 15 is 0 Å². The van der Waals surface area contributed by atoms with Gasteiger partial charge >= 0.3 is 0 Å². The number of hydrogen-bond donors (Lipinski definition) is 2. The molecule has 2 N–H and O–H groups in total. The van der Waals surface area contributed by atoms with Gasteiger partial charge in [0.1, 0.15) is 0 Å². The second-order valence-corrected chi connectivity index (χ2v) is 3.90. The summed E-state index contributed by atoms with van der Waals surface area (Å²) in [6, 6.07) is 8.09. The lowest BCUT2D eigenvalue weighted by Crippen LogP contribution is -2.35. The van der Waals surface area contributed by atoms with Crippen LogP contribution < -0.4 is 5.32 Å². The Bertz CT molecular complexity index is 467. The monoisotopic (exact) mass is 208 g/mol. The third-order valence-electron chi connectivity index (χ3n) is 2.81. The van der Waals surface area contributed by atoms with E-state index in [-0.39, 0.29) is 11.8 Å². The van der Waals surface area contributed by atoms with E-state index in [1.165, 1.54) is 0 Å². The van der Waals surface area contributed by atoms with E-state index < -0.39 is 0 Å². The van der Waals surface area contributed by atoms with Crippen LogP contribution in [0.5, 0.6) is 0 Å². The van der Waals surface area contributed by atoms with Gasteiger partial charge in [0.05, 0.1) is 15.7 Å². The van der Waals surface area contributed by atoms with Gasteiger partial charge in [-0.2, -0.15) is 0 Å². The lowest BCUT2D eigenvalue weighted by atomic mass is 9.68. The Labute approximate surface area is 98.6 Å². The van der Waals surface area contributed by atoms with Crippen molar-refractivity contribution in [3.8, 4) is 0 Å². The van der Waals surface area contributed by atoms with Gasteiger partial charge in [0.2, 0.25) is 0 Å². The molecule has 0 aliphatic carbocycles. The molecule has 2 atom stereocenters. The average Bonchev–Trinajstić information content (AvgIpc) is 2.72. The molecule has 2 unspecified atom stereocenters. The van der Waals surface area contributed by atoms with Gasteiger partial charge in [-0.25, -0.2) is 0 Å². The highest BCUT2D eigenvalue weighted by Crippen LogP contribution is 2.24. The van der Waals surface area contributed by atoms with Gasteiger partial charge in [0.25, 0.3) is 0 Å². The molecule has 16 heavy (non-hydrogen) atoms. The second-order valence-electron chi connectivity index (χ2n) is 3.90. The number of aromatic nitrogens is 1. The van der Waals surface area contributed by atoms with Crippen molar-refractivity contribution in [3.05, 3.63) is 36.0 Å². The van der Waals surface area contributed by atoms with Crippen LogP contribution in [0.25, 0.3) is 10.9 Å². The van der Waals surface area contributed by atoms with Crippen LogP contribution in [0.3, 0.4) is 0 Å². The molecular formula is C12H14B2N2. The standard InChI is InChI=1S/C12H14B2N2/c1-2-15-12(14)11(13)9-7-16-10-6-4-3-5-8(9)10/h3-7,11-12,15-16H,2H2,1H3. The summed E-state index contributed by atoms with van der Waals surface area (Å²) in [7, 11) is 12.1. The Morgan fingerprint density at radius 3 is 2.81 bits per heavy atom. The maximum Gasteiger partial charge on any atom is 0.0904 e. The quantitative estimate of drug-likeness (QED) is 0.731. The molecule has 2 rings (SSSR count).